The summed E-state index contributed by atoms with van der Waals surface area (Å²) < 4.78 is 52.5. The van der Waals surface area contributed by atoms with Crippen LogP contribution < -0.4 is 20.7 Å². The van der Waals surface area contributed by atoms with Crippen molar-refractivity contribution in [2.45, 2.75) is 23.6 Å². The Morgan fingerprint density at radius 3 is 2.15 bits per heavy atom. The van der Waals surface area contributed by atoms with Crippen LogP contribution in [0.5, 0.6) is 0 Å². The number of benzene rings is 3. The number of nitrogens with zero attached hydrogens (tertiary/aromatic N) is 5. The van der Waals surface area contributed by atoms with Crippen molar-refractivity contribution in [3.63, 3.8) is 0 Å². The predicted molar refractivity (Wildman–Crippen MR) is 177 cm³/mol. The summed E-state index contributed by atoms with van der Waals surface area (Å²) in [7, 11) is -7.99. The first-order valence-electron chi connectivity index (χ1n) is 14.4. The maximum Gasteiger partial charge on any atom is 0.269 e. The van der Waals surface area contributed by atoms with Gasteiger partial charge in [0.25, 0.3) is 10.0 Å². The molecule has 0 aliphatic carbocycles. The number of fused-ring (bicyclic) bond motifs is 1. The van der Waals surface area contributed by atoms with Gasteiger partial charge >= 0.3 is 0 Å². The molecular formula is C31H32N8O5S2. The molecular weight excluding hydrogens is 629 g/mol. The van der Waals surface area contributed by atoms with Crippen molar-refractivity contribution in [3.05, 3.63) is 90.6 Å². The Balaban J connectivity index is 1.36. The Kier molecular flexibility index (Phi) is 8.14. The largest absolute Gasteiger partial charge is 0.368 e. The van der Waals surface area contributed by atoms with Crippen molar-refractivity contribution in [2.24, 2.45) is 5.14 Å². The van der Waals surface area contributed by atoms with E-state index in [4.69, 9.17) is 5.14 Å². The third-order valence-electron chi connectivity index (χ3n) is 7.73. The summed E-state index contributed by atoms with van der Waals surface area (Å²) in [6, 6.07) is 21.7. The molecule has 1 saturated heterocycles. The number of nitrogens with two attached hydrogens (primary N) is 1. The number of hydrogen-bond acceptors (Lipinski definition) is 10. The maximum absolute atomic E-state index is 13.7. The van der Waals surface area contributed by atoms with Crippen molar-refractivity contribution in [1.29, 1.82) is 0 Å². The minimum Gasteiger partial charge on any atom is -0.368 e. The van der Waals surface area contributed by atoms with Gasteiger partial charge < -0.3 is 20.4 Å². The molecule has 238 valence electrons. The highest BCUT2D eigenvalue weighted by molar-refractivity contribution is 7.90. The van der Waals surface area contributed by atoms with Crippen LogP contribution in [0.2, 0.25) is 0 Å². The molecule has 4 N–H and O–H groups in total. The molecule has 0 radical (unpaired) electrons. The second-order valence-electron chi connectivity index (χ2n) is 10.9. The molecule has 3 aromatic carbocycles. The summed E-state index contributed by atoms with van der Waals surface area (Å²) in [4.78, 5) is 24.9. The third kappa shape index (κ3) is 6.38. The smallest absolute Gasteiger partial charge is 0.269 e. The first kappa shape index (κ1) is 31.0. The van der Waals surface area contributed by atoms with Gasteiger partial charge in [-0.15, -0.1) is 0 Å². The number of aromatic nitrogens is 3. The molecule has 0 bridgehead atoms. The number of rotatable bonds is 8. The minimum atomic E-state index is -4.03. The van der Waals surface area contributed by atoms with Gasteiger partial charge in [-0.2, -0.15) is 9.97 Å². The molecule has 2 aromatic heterocycles. The molecule has 0 spiro atoms. The third-order valence-corrected chi connectivity index (χ3v) is 10.3. The van der Waals surface area contributed by atoms with Gasteiger partial charge in [0.05, 0.1) is 15.2 Å². The Hall–Kier alpha value is -4.99. The van der Waals surface area contributed by atoms with Crippen LogP contribution in [0.4, 0.5) is 28.8 Å². The molecule has 6 rings (SSSR count). The Morgan fingerprint density at radius 2 is 1.50 bits per heavy atom. The molecule has 15 heteroatoms. The van der Waals surface area contributed by atoms with E-state index in [1.165, 1.54) is 36.5 Å². The molecule has 46 heavy (non-hydrogen) atoms. The van der Waals surface area contributed by atoms with Crippen molar-refractivity contribution < 1.29 is 21.6 Å². The van der Waals surface area contributed by atoms with Crippen LogP contribution in [0.25, 0.3) is 11.0 Å². The van der Waals surface area contributed by atoms with Crippen LogP contribution in [0.1, 0.15) is 12.5 Å². The van der Waals surface area contributed by atoms with E-state index >= 15 is 0 Å². The summed E-state index contributed by atoms with van der Waals surface area (Å²) in [5, 5.41) is 12.0. The van der Waals surface area contributed by atoms with Crippen LogP contribution in [-0.4, -0.2) is 67.8 Å². The standard InChI is InChI=1S/C31H32N8O5S2/c1-21-6-12-26(13-7-21)46(43,44)39-15-14-28-29(33-24-4-3-5-27(20-24)45(32,41)42)35-31(36-30(28)39)34-23-8-10-25(11-9-23)38-18-16-37(17-19-38)22(2)40/h3-15,20H,16-19H2,1-2H3,(H2,32,41,42)(H2,33,34,35,36). The summed E-state index contributed by atoms with van der Waals surface area (Å²) in [5.41, 5.74) is 3.07. The van der Waals surface area contributed by atoms with Crippen molar-refractivity contribution in [1.82, 2.24) is 18.8 Å². The zero-order valence-electron chi connectivity index (χ0n) is 25.1. The quantitative estimate of drug-likeness (QED) is 0.222. The molecule has 1 aliphatic heterocycles. The van der Waals surface area contributed by atoms with Crippen LogP contribution in [0, 0.1) is 6.92 Å². The number of carbonyl (C=O) groups is 1. The second kappa shape index (κ2) is 12.1. The lowest BCUT2D eigenvalue weighted by Crippen LogP contribution is -2.48. The average molecular weight is 661 g/mol. The predicted octanol–water partition coefficient (Wildman–Crippen LogP) is 3.78. The Labute approximate surface area is 266 Å². The normalized spacial score (nSPS) is 14.0. The number of piperazine rings is 1. The fraction of sp³-hybridized carbons (Fsp3) is 0.194. The highest BCUT2D eigenvalue weighted by Gasteiger charge is 2.23. The molecule has 0 atom stereocenters. The Morgan fingerprint density at radius 1 is 0.804 bits per heavy atom. The van der Waals surface area contributed by atoms with Gasteiger partial charge in [-0.25, -0.2) is 25.9 Å². The average Bonchev–Trinajstić information content (AvgIpc) is 3.47. The van der Waals surface area contributed by atoms with Crippen LogP contribution in [0.15, 0.2) is 94.9 Å². The fourth-order valence-electron chi connectivity index (χ4n) is 5.21. The van der Waals surface area contributed by atoms with Gasteiger partial charge in [0.15, 0.2) is 5.65 Å². The molecule has 1 amide bonds. The van der Waals surface area contributed by atoms with E-state index in [0.717, 1.165) is 28.3 Å². The number of nitrogens with one attached hydrogen (secondary N) is 2. The van der Waals surface area contributed by atoms with Gasteiger partial charge in [0.2, 0.25) is 21.9 Å². The second-order valence-corrected chi connectivity index (χ2v) is 14.3. The summed E-state index contributed by atoms with van der Waals surface area (Å²) >= 11 is 0. The van der Waals surface area contributed by atoms with Gasteiger partial charge in [-0.05, 0) is 67.6 Å². The molecule has 1 aliphatic rings. The fourth-order valence-corrected chi connectivity index (χ4v) is 7.07. The van der Waals surface area contributed by atoms with Gasteiger partial charge in [0.1, 0.15) is 5.82 Å². The zero-order chi connectivity index (χ0) is 32.6. The Bertz CT molecular complexity index is 2140. The molecule has 13 nitrogen and oxygen atoms in total. The molecule has 1 fully saturated rings. The lowest BCUT2D eigenvalue weighted by molar-refractivity contribution is -0.129. The van der Waals surface area contributed by atoms with E-state index in [1.54, 1.807) is 31.2 Å². The number of primary sulfonamides is 1. The molecule has 0 unspecified atom stereocenters. The SMILES string of the molecule is CC(=O)N1CCN(c2ccc(Nc3nc(Nc4cccc(S(N)(=O)=O)c4)c4ccn(S(=O)(=O)c5ccc(C)cc5)c4n3)cc2)CC1. The summed E-state index contributed by atoms with van der Waals surface area (Å²) in [5.74, 6) is 0.427. The highest BCUT2D eigenvalue weighted by atomic mass is 32.2. The topological polar surface area (TPSA) is 173 Å². The maximum atomic E-state index is 13.7. The van der Waals surface area contributed by atoms with Crippen molar-refractivity contribution >= 4 is 65.8 Å². The van der Waals surface area contributed by atoms with E-state index in [-0.39, 0.29) is 33.1 Å². The molecule has 3 heterocycles. The van der Waals surface area contributed by atoms with Crippen molar-refractivity contribution in [2.75, 3.05) is 41.7 Å². The minimum absolute atomic E-state index is 0.0694. The van der Waals surface area contributed by atoms with Crippen molar-refractivity contribution in [3.8, 4) is 0 Å². The van der Waals surface area contributed by atoms with E-state index < -0.39 is 20.0 Å². The highest BCUT2D eigenvalue weighted by Crippen LogP contribution is 2.31. The lowest BCUT2D eigenvalue weighted by atomic mass is 10.2. The number of anilines is 5. The van der Waals surface area contributed by atoms with Gasteiger partial charge in [0, 0.05) is 56.4 Å². The van der Waals surface area contributed by atoms with Gasteiger partial charge in [-0.1, -0.05) is 23.8 Å². The first-order chi connectivity index (χ1) is 21.9. The number of amides is 1. The van der Waals surface area contributed by atoms with E-state index in [2.05, 4.69) is 25.5 Å². The van der Waals surface area contributed by atoms with E-state index in [1.807, 2.05) is 36.1 Å². The number of hydrogen-bond donors (Lipinski definition) is 3. The van der Waals surface area contributed by atoms with Crippen LogP contribution in [-0.2, 0) is 24.8 Å². The van der Waals surface area contributed by atoms with E-state index in [0.29, 0.717) is 29.9 Å². The molecule has 0 saturated carbocycles. The van der Waals surface area contributed by atoms with Crippen LogP contribution in [0.3, 0.4) is 0 Å². The first-order valence-corrected chi connectivity index (χ1v) is 17.4. The number of carbonyl (C=O) groups excluding carboxylic acids is 1. The number of sulfonamides is 1. The monoisotopic (exact) mass is 660 g/mol. The van der Waals surface area contributed by atoms with E-state index in [9.17, 15) is 21.6 Å². The lowest BCUT2D eigenvalue weighted by Gasteiger charge is -2.35. The summed E-state index contributed by atoms with van der Waals surface area (Å²) in [6.07, 6.45) is 1.41. The zero-order valence-corrected chi connectivity index (χ0v) is 26.7. The van der Waals surface area contributed by atoms with Gasteiger partial charge in [-0.3, -0.25) is 4.79 Å². The van der Waals surface area contributed by atoms with Crippen LogP contribution >= 0.6 is 0 Å². The summed E-state index contributed by atoms with van der Waals surface area (Å²) in [6.45, 7) is 6.21. The molecule has 5 aromatic rings. The number of aryl methyl sites for hydroxylation is 1.